The van der Waals surface area contributed by atoms with Crippen molar-refractivity contribution in [3.63, 3.8) is 0 Å². The highest BCUT2D eigenvalue weighted by Crippen LogP contribution is 2.31. The Labute approximate surface area is 89.8 Å². The Morgan fingerprint density at radius 2 is 1.80 bits per heavy atom. The maximum absolute atomic E-state index is 13.0. The molecule has 88 valence electrons. The van der Waals surface area contributed by atoms with E-state index in [1.807, 2.05) is 0 Å². The summed E-state index contributed by atoms with van der Waals surface area (Å²) in [6, 6.07) is 0.746. The summed E-state index contributed by atoms with van der Waals surface area (Å²) in [7, 11) is 0. The number of halogens is 2. The fourth-order valence-electron chi connectivity index (χ4n) is 2.75. The van der Waals surface area contributed by atoms with Crippen LogP contribution in [0, 0.1) is 0 Å². The minimum Gasteiger partial charge on any atom is -0.328 e. The smallest absolute Gasteiger partial charge is 0.250 e. The zero-order valence-corrected chi connectivity index (χ0v) is 9.09. The van der Waals surface area contributed by atoms with Crippen LogP contribution in [0.5, 0.6) is 0 Å². The van der Waals surface area contributed by atoms with Gasteiger partial charge in [-0.25, -0.2) is 8.78 Å². The summed E-state index contributed by atoms with van der Waals surface area (Å²) < 4.78 is 25.9. The average Bonchev–Trinajstić information content (AvgIpc) is 2.17. The molecule has 2 unspecified atom stereocenters. The van der Waals surface area contributed by atoms with Gasteiger partial charge in [-0.3, -0.25) is 4.90 Å². The molecular weight excluding hydrogens is 198 g/mol. The number of piperidine rings is 1. The molecule has 1 saturated carbocycles. The van der Waals surface area contributed by atoms with E-state index in [1.54, 1.807) is 0 Å². The predicted octanol–water partition coefficient (Wildman–Crippen LogP) is 1.99. The van der Waals surface area contributed by atoms with Crippen molar-refractivity contribution in [1.82, 2.24) is 4.90 Å². The van der Waals surface area contributed by atoms with E-state index in [0.717, 1.165) is 25.7 Å². The van der Waals surface area contributed by atoms with Crippen LogP contribution in [0.1, 0.15) is 38.5 Å². The third kappa shape index (κ3) is 2.88. The van der Waals surface area contributed by atoms with Gasteiger partial charge in [-0.1, -0.05) is 6.42 Å². The minimum atomic E-state index is -2.42. The van der Waals surface area contributed by atoms with Gasteiger partial charge in [-0.15, -0.1) is 0 Å². The average molecular weight is 218 g/mol. The molecule has 0 spiro atoms. The maximum atomic E-state index is 13.0. The number of hydrogen-bond donors (Lipinski definition) is 1. The summed E-state index contributed by atoms with van der Waals surface area (Å²) in [5, 5.41) is 0. The molecule has 0 aromatic rings. The minimum absolute atomic E-state index is 0.0265. The molecule has 1 heterocycles. The van der Waals surface area contributed by atoms with Crippen molar-refractivity contribution in [3.05, 3.63) is 0 Å². The first kappa shape index (κ1) is 11.3. The van der Waals surface area contributed by atoms with Gasteiger partial charge in [-0.05, 0) is 19.3 Å². The molecule has 2 fully saturated rings. The van der Waals surface area contributed by atoms with E-state index in [2.05, 4.69) is 4.90 Å². The number of rotatable bonds is 1. The Kier molecular flexibility index (Phi) is 3.26. The van der Waals surface area contributed by atoms with Crippen LogP contribution in [-0.4, -0.2) is 36.0 Å². The zero-order valence-electron chi connectivity index (χ0n) is 9.09. The van der Waals surface area contributed by atoms with E-state index in [1.165, 1.54) is 0 Å². The zero-order chi connectivity index (χ0) is 10.9. The van der Waals surface area contributed by atoms with Gasteiger partial charge in [0.1, 0.15) is 0 Å². The molecule has 2 aliphatic rings. The molecule has 1 saturated heterocycles. The third-order valence-electron chi connectivity index (χ3n) is 3.73. The molecule has 0 aromatic heterocycles. The van der Waals surface area contributed by atoms with Crippen molar-refractivity contribution >= 4 is 0 Å². The second kappa shape index (κ2) is 4.34. The number of alkyl halides is 2. The topological polar surface area (TPSA) is 29.3 Å². The second-order valence-corrected chi connectivity index (χ2v) is 4.97. The number of nitrogens with zero attached hydrogens (tertiary/aromatic N) is 1. The fourth-order valence-corrected chi connectivity index (χ4v) is 2.75. The molecule has 0 radical (unpaired) electrons. The lowest BCUT2D eigenvalue weighted by atomic mass is 9.89. The highest BCUT2D eigenvalue weighted by atomic mass is 19.3. The predicted molar refractivity (Wildman–Crippen MR) is 56.0 cm³/mol. The fraction of sp³-hybridized carbons (Fsp3) is 1.00. The lowest BCUT2D eigenvalue weighted by Gasteiger charge is -2.40. The molecule has 2 rings (SSSR count). The van der Waals surface area contributed by atoms with Crippen LogP contribution in [0.2, 0.25) is 0 Å². The van der Waals surface area contributed by atoms with Gasteiger partial charge in [0.05, 0.1) is 0 Å². The van der Waals surface area contributed by atoms with Crippen LogP contribution in [0.15, 0.2) is 0 Å². The van der Waals surface area contributed by atoms with Gasteiger partial charge in [0.2, 0.25) is 0 Å². The first-order valence-electron chi connectivity index (χ1n) is 5.94. The molecule has 1 aliphatic heterocycles. The van der Waals surface area contributed by atoms with Gasteiger partial charge in [0.15, 0.2) is 0 Å². The summed E-state index contributed by atoms with van der Waals surface area (Å²) in [6.07, 6.45) is 4.43. The monoisotopic (exact) mass is 218 g/mol. The Morgan fingerprint density at radius 1 is 1.13 bits per heavy atom. The number of nitrogens with two attached hydrogens (primary N) is 1. The normalized spacial score (nSPS) is 37.8. The largest absolute Gasteiger partial charge is 0.328 e. The lowest BCUT2D eigenvalue weighted by Crippen LogP contribution is -2.48. The Hall–Kier alpha value is -0.220. The van der Waals surface area contributed by atoms with E-state index >= 15 is 0 Å². The van der Waals surface area contributed by atoms with Crippen LogP contribution in [0.4, 0.5) is 8.78 Å². The van der Waals surface area contributed by atoms with Crippen LogP contribution in [0.3, 0.4) is 0 Å². The first-order valence-corrected chi connectivity index (χ1v) is 5.94. The van der Waals surface area contributed by atoms with E-state index in [4.69, 9.17) is 5.73 Å². The van der Waals surface area contributed by atoms with E-state index < -0.39 is 5.92 Å². The summed E-state index contributed by atoms with van der Waals surface area (Å²) in [6.45, 7) is 1.09. The quantitative estimate of drug-likeness (QED) is 0.729. The van der Waals surface area contributed by atoms with Crippen molar-refractivity contribution < 1.29 is 8.78 Å². The molecule has 2 nitrogen and oxygen atoms in total. The van der Waals surface area contributed by atoms with E-state index in [-0.39, 0.29) is 18.9 Å². The highest BCUT2D eigenvalue weighted by molar-refractivity contribution is 4.86. The molecule has 4 heteroatoms. The highest BCUT2D eigenvalue weighted by Gasteiger charge is 2.36. The van der Waals surface area contributed by atoms with Crippen LogP contribution in [-0.2, 0) is 0 Å². The van der Waals surface area contributed by atoms with Gasteiger partial charge in [-0.2, -0.15) is 0 Å². The van der Waals surface area contributed by atoms with Crippen molar-refractivity contribution in [1.29, 1.82) is 0 Å². The van der Waals surface area contributed by atoms with E-state index in [0.29, 0.717) is 19.1 Å². The molecule has 2 N–H and O–H groups in total. The lowest BCUT2D eigenvalue weighted by molar-refractivity contribution is -0.0660. The maximum Gasteiger partial charge on any atom is 0.250 e. The summed E-state index contributed by atoms with van der Waals surface area (Å²) in [5.74, 6) is -2.42. The van der Waals surface area contributed by atoms with Crippen LogP contribution < -0.4 is 5.73 Å². The van der Waals surface area contributed by atoms with Gasteiger partial charge >= 0.3 is 0 Å². The molecule has 1 aliphatic carbocycles. The van der Waals surface area contributed by atoms with Crippen molar-refractivity contribution in [2.75, 3.05) is 13.1 Å². The molecule has 2 atom stereocenters. The Bertz CT molecular complexity index is 211. The van der Waals surface area contributed by atoms with E-state index in [9.17, 15) is 8.78 Å². The third-order valence-corrected chi connectivity index (χ3v) is 3.73. The van der Waals surface area contributed by atoms with Crippen LogP contribution in [0.25, 0.3) is 0 Å². The summed E-state index contributed by atoms with van der Waals surface area (Å²) in [4.78, 5) is 2.22. The molecule has 0 aromatic carbocycles. The number of hydrogen-bond acceptors (Lipinski definition) is 2. The Morgan fingerprint density at radius 3 is 2.40 bits per heavy atom. The van der Waals surface area contributed by atoms with Gasteiger partial charge < -0.3 is 5.73 Å². The molecule has 0 amide bonds. The Balaban J connectivity index is 1.84. The van der Waals surface area contributed by atoms with Crippen molar-refractivity contribution in [2.24, 2.45) is 5.73 Å². The van der Waals surface area contributed by atoms with Crippen molar-refractivity contribution in [3.8, 4) is 0 Å². The SMILES string of the molecule is NC1CCCC(N2CCC(F)(F)CC2)C1. The standard InChI is InChI=1S/C11H20F2N2/c12-11(13)4-6-15(7-5-11)10-3-1-2-9(14)8-10/h9-10H,1-8,14H2. The first-order chi connectivity index (χ1) is 7.07. The number of likely N-dealkylation sites (tertiary alicyclic amines) is 1. The second-order valence-electron chi connectivity index (χ2n) is 4.97. The van der Waals surface area contributed by atoms with Crippen LogP contribution >= 0.6 is 0 Å². The molecular formula is C11H20F2N2. The molecule has 0 bridgehead atoms. The van der Waals surface area contributed by atoms with Crippen molar-refractivity contribution in [2.45, 2.75) is 56.5 Å². The molecule has 15 heavy (non-hydrogen) atoms. The summed E-state index contributed by atoms with van der Waals surface area (Å²) >= 11 is 0. The summed E-state index contributed by atoms with van der Waals surface area (Å²) in [5.41, 5.74) is 5.91. The van der Waals surface area contributed by atoms with Gasteiger partial charge in [0, 0.05) is 38.0 Å². The van der Waals surface area contributed by atoms with Gasteiger partial charge in [0.25, 0.3) is 5.92 Å².